The van der Waals surface area contributed by atoms with Gasteiger partial charge in [-0.3, -0.25) is 9.59 Å². The van der Waals surface area contributed by atoms with Crippen molar-refractivity contribution in [1.82, 2.24) is 10.2 Å². The molecule has 1 fully saturated rings. The van der Waals surface area contributed by atoms with Crippen LogP contribution in [0.3, 0.4) is 0 Å². The molecular weight excluding hydrogens is 502 g/mol. The Labute approximate surface area is 228 Å². The number of rotatable bonds is 7. The normalized spacial score (nSPS) is 15.9. The summed E-state index contributed by atoms with van der Waals surface area (Å²) in [5, 5.41) is 3.71. The second-order valence-electron chi connectivity index (χ2n) is 9.67. The summed E-state index contributed by atoms with van der Waals surface area (Å²) < 4.78 is 0. The Morgan fingerprint density at radius 3 is 2.54 bits per heavy atom. The standard InChI is InChI=1S/C30H32ClN3O2S/c31-24-10-7-9-22(19-24)21-34-26-20-23(29(35)32-15-8-18-33-16-5-1-2-6-17-33)13-14-28(26)37-27-12-4-3-11-25(27)30(34)36/h3-4,7,9-14,19-20H,1-2,5-6,8,15-18,21H2,(H,32,35). The molecule has 37 heavy (non-hydrogen) atoms. The lowest BCUT2D eigenvalue weighted by Gasteiger charge is -2.24. The van der Waals surface area contributed by atoms with Gasteiger partial charge in [0.2, 0.25) is 0 Å². The highest BCUT2D eigenvalue weighted by Crippen LogP contribution is 2.42. The summed E-state index contributed by atoms with van der Waals surface area (Å²) in [5.74, 6) is -0.197. The van der Waals surface area contributed by atoms with Crippen molar-refractivity contribution in [3.63, 3.8) is 0 Å². The van der Waals surface area contributed by atoms with Crippen molar-refractivity contribution >= 4 is 40.9 Å². The summed E-state index contributed by atoms with van der Waals surface area (Å²) in [5.41, 5.74) is 2.89. The van der Waals surface area contributed by atoms with Crippen LogP contribution in [0.1, 0.15) is 58.4 Å². The molecule has 5 rings (SSSR count). The Morgan fingerprint density at radius 2 is 1.73 bits per heavy atom. The van der Waals surface area contributed by atoms with E-state index in [0.29, 0.717) is 29.2 Å². The molecule has 7 heteroatoms. The number of nitrogens with zero attached hydrogens (tertiary/aromatic N) is 2. The average Bonchev–Trinajstić information content (AvgIpc) is 3.24. The second kappa shape index (κ2) is 12.2. The highest BCUT2D eigenvalue weighted by Gasteiger charge is 2.28. The van der Waals surface area contributed by atoms with Gasteiger partial charge in [-0.1, -0.05) is 60.5 Å². The molecule has 0 spiro atoms. The molecule has 5 nitrogen and oxygen atoms in total. The van der Waals surface area contributed by atoms with E-state index in [4.69, 9.17) is 11.6 Å². The van der Waals surface area contributed by atoms with Gasteiger partial charge >= 0.3 is 0 Å². The number of carbonyl (C=O) groups is 2. The van der Waals surface area contributed by atoms with Gasteiger partial charge in [-0.2, -0.15) is 0 Å². The van der Waals surface area contributed by atoms with E-state index in [0.717, 1.165) is 47.1 Å². The topological polar surface area (TPSA) is 52.7 Å². The summed E-state index contributed by atoms with van der Waals surface area (Å²) in [7, 11) is 0. The first kappa shape index (κ1) is 25.8. The molecule has 2 amide bonds. The number of nitrogens with one attached hydrogen (secondary N) is 1. The first-order chi connectivity index (χ1) is 18.1. The number of halogens is 1. The van der Waals surface area contributed by atoms with Gasteiger partial charge in [-0.15, -0.1) is 0 Å². The van der Waals surface area contributed by atoms with Gasteiger partial charge in [-0.05, 0) is 86.9 Å². The van der Waals surface area contributed by atoms with Crippen LogP contribution in [0.5, 0.6) is 0 Å². The fourth-order valence-corrected chi connectivity index (χ4v) is 6.27. The van der Waals surface area contributed by atoms with E-state index in [1.165, 1.54) is 25.7 Å². The molecule has 1 saturated heterocycles. The maximum Gasteiger partial charge on any atom is 0.259 e. The van der Waals surface area contributed by atoms with Crippen molar-refractivity contribution in [2.24, 2.45) is 0 Å². The van der Waals surface area contributed by atoms with Crippen LogP contribution in [-0.4, -0.2) is 42.9 Å². The molecule has 0 atom stereocenters. The van der Waals surface area contributed by atoms with Gasteiger partial charge in [0, 0.05) is 26.9 Å². The highest BCUT2D eigenvalue weighted by atomic mass is 35.5. The summed E-state index contributed by atoms with van der Waals surface area (Å²) in [4.78, 5) is 32.9. The van der Waals surface area contributed by atoms with Crippen molar-refractivity contribution in [2.75, 3.05) is 31.1 Å². The van der Waals surface area contributed by atoms with Gasteiger partial charge in [0.15, 0.2) is 0 Å². The van der Waals surface area contributed by atoms with Gasteiger partial charge in [-0.25, -0.2) is 0 Å². The van der Waals surface area contributed by atoms with Gasteiger partial charge < -0.3 is 15.1 Å². The van der Waals surface area contributed by atoms with Gasteiger partial charge in [0.1, 0.15) is 0 Å². The molecule has 2 aliphatic heterocycles. The monoisotopic (exact) mass is 533 g/mol. The van der Waals surface area contributed by atoms with Gasteiger partial charge in [0.05, 0.1) is 17.8 Å². The quantitative estimate of drug-likeness (QED) is 0.345. The van der Waals surface area contributed by atoms with Crippen LogP contribution in [0, 0.1) is 0 Å². The minimum Gasteiger partial charge on any atom is -0.352 e. The second-order valence-corrected chi connectivity index (χ2v) is 11.2. The molecule has 3 aromatic carbocycles. The number of fused-ring (bicyclic) bond motifs is 2. The van der Waals surface area contributed by atoms with E-state index in [1.54, 1.807) is 16.7 Å². The number of carbonyl (C=O) groups excluding carboxylic acids is 2. The molecule has 2 aliphatic rings. The Bertz CT molecular complexity index is 1270. The van der Waals surface area contributed by atoms with Gasteiger partial charge in [0.25, 0.3) is 11.8 Å². The fraction of sp³-hybridized carbons (Fsp3) is 0.333. The Balaban J connectivity index is 1.34. The molecule has 0 aliphatic carbocycles. The third kappa shape index (κ3) is 6.38. The van der Waals surface area contributed by atoms with Crippen LogP contribution >= 0.6 is 23.4 Å². The lowest BCUT2D eigenvalue weighted by Crippen LogP contribution is -2.32. The fourth-order valence-electron chi connectivity index (χ4n) is 5.00. The maximum atomic E-state index is 13.7. The van der Waals surface area contributed by atoms with Crippen molar-refractivity contribution in [3.05, 3.63) is 88.4 Å². The zero-order chi connectivity index (χ0) is 25.6. The summed E-state index contributed by atoms with van der Waals surface area (Å²) in [6.07, 6.45) is 6.13. The Hall–Kier alpha value is -2.80. The first-order valence-corrected chi connectivity index (χ1v) is 14.3. The molecule has 0 aromatic heterocycles. The largest absolute Gasteiger partial charge is 0.352 e. The van der Waals surface area contributed by atoms with E-state index < -0.39 is 0 Å². The van der Waals surface area contributed by atoms with Crippen LogP contribution in [0.15, 0.2) is 76.5 Å². The van der Waals surface area contributed by atoms with Crippen molar-refractivity contribution < 1.29 is 9.59 Å². The Kier molecular flexibility index (Phi) is 8.49. The number of benzene rings is 3. The summed E-state index contributed by atoms with van der Waals surface area (Å²) >= 11 is 7.79. The first-order valence-electron chi connectivity index (χ1n) is 13.1. The lowest BCUT2D eigenvalue weighted by molar-refractivity contribution is 0.0948. The van der Waals surface area contributed by atoms with Crippen molar-refractivity contribution in [1.29, 1.82) is 0 Å². The van der Waals surface area contributed by atoms with Crippen LogP contribution < -0.4 is 10.2 Å². The minimum atomic E-state index is -0.111. The molecule has 0 bridgehead atoms. The maximum absolute atomic E-state index is 13.7. The SMILES string of the molecule is O=C(NCCCN1CCCCCC1)c1ccc2c(c1)N(Cc1cccc(Cl)c1)C(=O)c1ccccc1S2. The van der Waals surface area contributed by atoms with E-state index in [9.17, 15) is 9.59 Å². The number of likely N-dealkylation sites (tertiary alicyclic amines) is 1. The average molecular weight is 534 g/mol. The highest BCUT2D eigenvalue weighted by molar-refractivity contribution is 7.99. The van der Waals surface area contributed by atoms with Crippen LogP contribution in [0.4, 0.5) is 5.69 Å². The van der Waals surface area contributed by atoms with Crippen LogP contribution in [-0.2, 0) is 6.54 Å². The molecule has 192 valence electrons. The third-order valence-electron chi connectivity index (χ3n) is 6.96. The smallest absolute Gasteiger partial charge is 0.259 e. The molecule has 3 aromatic rings. The van der Waals surface area contributed by atoms with Crippen molar-refractivity contribution in [2.45, 2.75) is 48.4 Å². The van der Waals surface area contributed by atoms with Crippen LogP contribution in [0.2, 0.25) is 5.02 Å². The molecule has 0 radical (unpaired) electrons. The zero-order valence-corrected chi connectivity index (χ0v) is 22.5. The number of anilines is 1. The van der Waals surface area contributed by atoms with Crippen molar-refractivity contribution in [3.8, 4) is 0 Å². The van der Waals surface area contributed by atoms with E-state index >= 15 is 0 Å². The number of hydrogen-bond donors (Lipinski definition) is 1. The molecule has 1 N–H and O–H groups in total. The van der Waals surface area contributed by atoms with E-state index in [2.05, 4.69) is 10.2 Å². The number of amides is 2. The predicted octanol–water partition coefficient (Wildman–Crippen LogP) is 6.65. The minimum absolute atomic E-state index is 0.0863. The lowest BCUT2D eigenvalue weighted by atomic mass is 10.1. The summed E-state index contributed by atoms with van der Waals surface area (Å²) in [6, 6.07) is 20.9. The molecule has 2 heterocycles. The van der Waals surface area contributed by atoms with E-state index in [-0.39, 0.29) is 11.8 Å². The summed E-state index contributed by atoms with van der Waals surface area (Å²) in [6.45, 7) is 4.34. The molecule has 0 saturated carbocycles. The zero-order valence-electron chi connectivity index (χ0n) is 20.9. The predicted molar refractivity (Wildman–Crippen MR) is 151 cm³/mol. The van der Waals surface area contributed by atoms with Crippen LogP contribution in [0.25, 0.3) is 0 Å². The third-order valence-corrected chi connectivity index (χ3v) is 8.34. The Morgan fingerprint density at radius 1 is 0.919 bits per heavy atom. The molecular formula is C30H32ClN3O2S. The van der Waals surface area contributed by atoms with E-state index in [1.807, 2.05) is 66.7 Å². The number of hydrogen-bond acceptors (Lipinski definition) is 4. The molecule has 0 unspecified atom stereocenters.